The van der Waals surface area contributed by atoms with E-state index in [0.29, 0.717) is 5.92 Å². The quantitative estimate of drug-likeness (QED) is 0.645. The van der Waals surface area contributed by atoms with Crippen molar-refractivity contribution >= 4 is 0 Å². The number of methoxy groups -OCH3 is 1. The first-order chi connectivity index (χ1) is 6.15. The van der Waals surface area contributed by atoms with Gasteiger partial charge in [-0.2, -0.15) is 0 Å². The fourth-order valence-corrected chi connectivity index (χ4v) is 1.34. The van der Waals surface area contributed by atoms with E-state index in [0.717, 1.165) is 12.8 Å². The maximum absolute atomic E-state index is 8.70. The Balaban J connectivity index is 4.04. The molecule has 0 aromatic carbocycles. The van der Waals surface area contributed by atoms with E-state index in [4.69, 9.17) is 9.84 Å². The normalized spacial score (nSPS) is 17.2. The van der Waals surface area contributed by atoms with Gasteiger partial charge in [0, 0.05) is 7.11 Å². The Morgan fingerprint density at radius 2 is 2.15 bits per heavy atom. The molecule has 0 spiro atoms. The molecule has 0 saturated carbocycles. The van der Waals surface area contributed by atoms with Crippen LogP contribution in [0.2, 0.25) is 0 Å². The molecule has 0 aliphatic carbocycles. The molecule has 0 fully saturated rings. The van der Waals surface area contributed by atoms with E-state index >= 15 is 0 Å². The molecule has 1 N–H and O–H groups in total. The van der Waals surface area contributed by atoms with Gasteiger partial charge in [-0.25, -0.2) is 0 Å². The highest BCUT2D eigenvalue weighted by Gasteiger charge is 2.14. The summed E-state index contributed by atoms with van der Waals surface area (Å²) in [5.74, 6) is 0.576. The second kappa shape index (κ2) is 7.10. The molecule has 2 unspecified atom stereocenters. The summed E-state index contributed by atoms with van der Waals surface area (Å²) in [6, 6.07) is 0. The second-order valence-corrected chi connectivity index (χ2v) is 3.60. The van der Waals surface area contributed by atoms with Crippen LogP contribution < -0.4 is 0 Å². The van der Waals surface area contributed by atoms with Crippen LogP contribution in [0, 0.1) is 5.92 Å². The molecule has 0 radical (unpaired) electrons. The summed E-state index contributed by atoms with van der Waals surface area (Å²) in [5, 5.41) is 8.70. The minimum absolute atomic E-state index is 0.128. The van der Waals surface area contributed by atoms with Gasteiger partial charge in [0.25, 0.3) is 0 Å². The summed E-state index contributed by atoms with van der Waals surface area (Å²) in [6.07, 6.45) is 4.18. The third kappa shape index (κ3) is 5.06. The monoisotopic (exact) mass is 186 g/mol. The van der Waals surface area contributed by atoms with Crippen LogP contribution in [-0.4, -0.2) is 24.9 Å². The van der Waals surface area contributed by atoms with Crippen molar-refractivity contribution in [2.24, 2.45) is 5.92 Å². The number of hydrogen-bond donors (Lipinski definition) is 1. The lowest BCUT2D eigenvalue weighted by Crippen LogP contribution is -2.20. The van der Waals surface area contributed by atoms with E-state index in [9.17, 15) is 0 Å². The van der Waals surface area contributed by atoms with Gasteiger partial charge in [0.15, 0.2) is 0 Å². The van der Waals surface area contributed by atoms with Crippen LogP contribution in [0.25, 0.3) is 0 Å². The van der Waals surface area contributed by atoms with E-state index < -0.39 is 0 Å². The first-order valence-corrected chi connectivity index (χ1v) is 4.94. The molecule has 0 amide bonds. The predicted molar refractivity (Wildman–Crippen MR) is 55.7 cm³/mol. The highest BCUT2D eigenvalue weighted by molar-refractivity contribution is 5.00. The molecule has 0 saturated heterocycles. The third-order valence-corrected chi connectivity index (χ3v) is 2.54. The van der Waals surface area contributed by atoms with Gasteiger partial charge in [0.05, 0.1) is 12.7 Å². The maximum atomic E-state index is 8.70. The van der Waals surface area contributed by atoms with Gasteiger partial charge in [-0.1, -0.05) is 31.9 Å². The van der Waals surface area contributed by atoms with Crippen LogP contribution in [-0.2, 0) is 4.74 Å². The number of hydrogen-bond acceptors (Lipinski definition) is 2. The lowest BCUT2D eigenvalue weighted by atomic mass is 9.96. The van der Waals surface area contributed by atoms with E-state index in [-0.39, 0.29) is 12.7 Å². The van der Waals surface area contributed by atoms with Gasteiger partial charge in [-0.3, -0.25) is 0 Å². The van der Waals surface area contributed by atoms with E-state index in [1.807, 2.05) is 13.0 Å². The largest absolute Gasteiger partial charge is 0.392 e. The van der Waals surface area contributed by atoms with Gasteiger partial charge in [0.1, 0.15) is 0 Å². The molecular weight excluding hydrogens is 164 g/mol. The van der Waals surface area contributed by atoms with Crippen LogP contribution in [0.15, 0.2) is 11.6 Å². The van der Waals surface area contributed by atoms with Crippen LogP contribution in [0.5, 0.6) is 0 Å². The first-order valence-electron chi connectivity index (χ1n) is 4.94. The molecular formula is C11H22O2. The highest BCUT2D eigenvalue weighted by atomic mass is 16.5. The molecule has 2 atom stereocenters. The van der Waals surface area contributed by atoms with Crippen molar-refractivity contribution in [1.29, 1.82) is 0 Å². The Hall–Kier alpha value is -0.340. The molecule has 13 heavy (non-hydrogen) atoms. The molecule has 0 aliphatic heterocycles. The molecule has 0 aromatic heterocycles. The van der Waals surface area contributed by atoms with Gasteiger partial charge in [-0.15, -0.1) is 0 Å². The molecule has 0 heterocycles. The number of ether oxygens (including phenoxy) is 1. The summed E-state index contributed by atoms with van der Waals surface area (Å²) < 4.78 is 5.40. The van der Waals surface area contributed by atoms with Crippen molar-refractivity contribution in [3.05, 3.63) is 11.6 Å². The van der Waals surface area contributed by atoms with Gasteiger partial charge < -0.3 is 9.84 Å². The number of aliphatic hydroxyl groups is 1. The standard InChI is InChI=1S/C11H22O2/c1-5-10(3)11(13-4)8-9(2)6-7-12/h6,10-12H,5,7-8H2,1-4H3. The maximum Gasteiger partial charge on any atom is 0.0633 e. The van der Waals surface area contributed by atoms with E-state index in [1.165, 1.54) is 5.57 Å². The number of rotatable bonds is 6. The zero-order valence-corrected chi connectivity index (χ0v) is 9.21. The van der Waals surface area contributed by atoms with E-state index in [2.05, 4.69) is 13.8 Å². The fourth-order valence-electron chi connectivity index (χ4n) is 1.34. The molecule has 0 aromatic rings. The lowest BCUT2D eigenvalue weighted by Gasteiger charge is -2.21. The summed E-state index contributed by atoms with van der Waals surface area (Å²) in [7, 11) is 1.75. The van der Waals surface area contributed by atoms with Crippen LogP contribution in [0.3, 0.4) is 0 Å². The Morgan fingerprint density at radius 1 is 1.54 bits per heavy atom. The second-order valence-electron chi connectivity index (χ2n) is 3.60. The third-order valence-electron chi connectivity index (χ3n) is 2.54. The molecule has 78 valence electrons. The zero-order valence-electron chi connectivity index (χ0n) is 9.21. The topological polar surface area (TPSA) is 29.5 Å². The minimum Gasteiger partial charge on any atom is -0.392 e. The van der Waals surface area contributed by atoms with Gasteiger partial charge in [0.2, 0.25) is 0 Å². The van der Waals surface area contributed by atoms with Crippen LogP contribution in [0.4, 0.5) is 0 Å². The molecule has 2 heteroatoms. The van der Waals surface area contributed by atoms with Crippen LogP contribution >= 0.6 is 0 Å². The zero-order chi connectivity index (χ0) is 10.3. The smallest absolute Gasteiger partial charge is 0.0633 e. The average Bonchev–Trinajstić information content (AvgIpc) is 2.13. The Morgan fingerprint density at radius 3 is 2.54 bits per heavy atom. The van der Waals surface area contributed by atoms with Crippen molar-refractivity contribution in [2.75, 3.05) is 13.7 Å². The van der Waals surface area contributed by atoms with Crippen LogP contribution in [0.1, 0.15) is 33.6 Å². The predicted octanol–water partition coefficient (Wildman–Crippen LogP) is 2.38. The summed E-state index contributed by atoms with van der Waals surface area (Å²) in [5.41, 5.74) is 1.20. The summed E-state index contributed by atoms with van der Waals surface area (Å²) >= 11 is 0. The average molecular weight is 186 g/mol. The van der Waals surface area contributed by atoms with Crippen molar-refractivity contribution in [3.63, 3.8) is 0 Å². The van der Waals surface area contributed by atoms with Crippen molar-refractivity contribution in [1.82, 2.24) is 0 Å². The van der Waals surface area contributed by atoms with Gasteiger partial charge in [-0.05, 0) is 19.3 Å². The SMILES string of the molecule is CCC(C)C(CC(C)=CCO)OC. The summed E-state index contributed by atoms with van der Waals surface area (Å²) in [4.78, 5) is 0. The Bertz CT molecular complexity index is 152. The Kier molecular flexibility index (Phi) is 6.92. The molecule has 2 nitrogen and oxygen atoms in total. The Labute approximate surface area is 81.6 Å². The first kappa shape index (κ1) is 12.7. The minimum atomic E-state index is 0.128. The molecule has 0 aliphatic rings. The molecule has 0 bridgehead atoms. The lowest BCUT2D eigenvalue weighted by molar-refractivity contribution is 0.0574. The van der Waals surface area contributed by atoms with E-state index in [1.54, 1.807) is 7.11 Å². The molecule has 0 rings (SSSR count). The fraction of sp³-hybridized carbons (Fsp3) is 0.818. The van der Waals surface area contributed by atoms with Crippen molar-refractivity contribution in [2.45, 2.75) is 39.7 Å². The van der Waals surface area contributed by atoms with Crippen molar-refractivity contribution < 1.29 is 9.84 Å². The van der Waals surface area contributed by atoms with Gasteiger partial charge >= 0.3 is 0 Å². The van der Waals surface area contributed by atoms with Crippen molar-refractivity contribution in [3.8, 4) is 0 Å². The highest BCUT2D eigenvalue weighted by Crippen LogP contribution is 2.18. The summed E-state index contributed by atoms with van der Waals surface area (Å²) in [6.45, 7) is 6.52. The number of aliphatic hydroxyl groups excluding tert-OH is 1.